The molecular formula is C15H24N4O. The highest BCUT2D eigenvalue weighted by molar-refractivity contribution is 5.86. The summed E-state index contributed by atoms with van der Waals surface area (Å²) in [5.41, 5.74) is 2.37. The van der Waals surface area contributed by atoms with Gasteiger partial charge in [-0.3, -0.25) is 4.79 Å². The summed E-state index contributed by atoms with van der Waals surface area (Å²) < 4.78 is 0. The molecule has 1 amide bonds. The Morgan fingerprint density at radius 1 is 1.15 bits per heavy atom. The number of aliphatic imine (C=N–C) groups is 1. The fourth-order valence-corrected chi connectivity index (χ4v) is 1.75. The van der Waals surface area contributed by atoms with E-state index < -0.39 is 0 Å². The number of amides is 1. The maximum atomic E-state index is 11.4. The van der Waals surface area contributed by atoms with Crippen molar-refractivity contribution in [3.05, 3.63) is 35.4 Å². The summed E-state index contributed by atoms with van der Waals surface area (Å²) in [5, 5.41) is 8.88. The lowest BCUT2D eigenvalue weighted by atomic mass is 10.1. The molecule has 5 heteroatoms. The van der Waals surface area contributed by atoms with E-state index in [1.807, 2.05) is 26.0 Å². The monoisotopic (exact) mass is 276 g/mol. The summed E-state index contributed by atoms with van der Waals surface area (Å²) >= 11 is 0. The van der Waals surface area contributed by atoms with Crippen LogP contribution < -0.4 is 16.0 Å². The van der Waals surface area contributed by atoms with Crippen molar-refractivity contribution in [2.24, 2.45) is 4.99 Å². The van der Waals surface area contributed by atoms with Gasteiger partial charge in [-0.2, -0.15) is 0 Å². The molecule has 1 aromatic carbocycles. The number of carbonyl (C=O) groups excluding carboxylic acids is 1. The second-order valence-electron chi connectivity index (χ2n) is 4.49. The lowest BCUT2D eigenvalue weighted by Gasteiger charge is -2.11. The van der Waals surface area contributed by atoms with Gasteiger partial charge in [-0.25, -0.2) is 4.99 Å². The van der Waals surface area contributed by atoms with Gasteiger partial charge in [0, 0.05) is 13.1 Å². The molecule has 0 aliphatic rings. The summed E-state index contributed by atoms with van der Waals surface area (Å²) in [6.45, 7) is 8.17. The first kappa shape index (κ1) is 16.0. The van der Waals surface area contributed by atoms with Gasteiger partial charge in [-0.05, 0) is 26.3 Å². The summed E-state index contributed by atoms with van der Waals surface area (Å²) in [6.07, 6.45) is 0. The van der Waals surface area contributed by atoms with Gasteiger partial charge in [0.05, 0.1) is 13.1 Å². The summed E-state index contributed by atoms with van der Waals surface area (Å²) in [5.74, 6) is 0.619. The Kier molecular flexibility index (Phi) is 7.17. The van der Waals surface area contributed by atoms with E-state index in [0.29, 0.717) is 19.0 Å². The van der Waals surface area contributed by atoms with Crippen LogP contribution in [0.15, 0.2) is 29.3 Å². The zero-order chi connectivity index (χ0) is 14.8. The van der Waals surface area contributed by atoms with Crippen LogP contribution in [0.4, 0.5) is 0 Å². The first-order valence-corrected chi connectivity index (χ1v) is 7.00. The Balaban J connectivity index is 2.56. The first-order chi connectivity index (χ1) is 9.65. The Labute approximate surface area is 120 Å². The third-order valence-electron chi connectivity index (χ3n) is 2.64. The van der Waals surface area contributed by atoms with Gasteiger partial charge in [0.25, 0.3) is 0 Å². The minimum absolute atomic E-state index is 0.0336. The predicted molar refractivity (Wildman–Crippen MR) is 82.7 cm³/mol. The van der Waals surface area contributed by atoms with Crippen molar-refractivity contribution in [3.63, 3.8) is 0 Å². The maximum absolute atomic E-state index is 11.4. The van der Waals surface area contributed by atoms with Crippen molar-refractivity contribution in [3.8, 4) is 0 Å². The predicted octanol–water partition coefficient (Wildman–Crippen LogP) is 1.19. The molecule has 20 heavy (non-hydrogen) atoms. The van der Waals surface area contributed by atoms with Gasteiger partial charge < -0.3 is 16.0 Å². The van der Waals surface area contributed by atoms with Crippen LogP contribution in [0, 0.1) is 6.92 Å². The quantitative estimate of drug-likeness (QED) is 0.540. The van der Waals surface area contributed by atoms with Crippen LogP contribution in [0.5, 0.6) is 0 Å². The highest BCUT2D eigenvalue weighted by Crippen LogP contribution is 2.04. The Bertz CT molecular complexity index is 457. The SMILES string of the molecule is CCNC(=O)CNC(=NCc1cccc(C)c1)NCC. The molecule has 0 aromatic heterocycles. The van der Waals surface area contributed by atoms with Crippen LogP contribution in [-0.4, -0.2) is 31.5 Å². The molecule has 0 heterocycles. The molecule has 0 fully saturated rings. The number of hydrogen-bond donors (Lipinski definition) is 3. The number of nitrogens with zero attached hydrogens (tertiary/aromatic N) is 1. The van der Waals surface area contributed by atoms with Crippen LogP contribution in [0.25, 0.3) is 0 Å². The average Bonchev–Trinajstić information content (AvgIpc) is 2.42. The van der Waals surface area contributed by atoms with E-state index in [1.165, 1.54) is 5.56 Å². The van der Waals surface area contributed by atoms with Crippen molar-refractivity contribution >= 4 is 11.9 Å². The molecule has 5 nitrogen and oxygen atoms in total. The van der Waals surface area contributed by atoms with Gasteiger partial charge in [0.1, 0.15) is 0 Å². The molecular weight excluding hydrogens is 252 g/mol. The zero-order valence-corrected chi connectivity index (χ0v) is 12.5. The van der Waals surface area contributed by atoms with Crippen molar-refractivity contribution in [1.82, 2.24) is 16.0 Å². The van der Waals surface area contributed by atoms with Gasteiger partial charge in [-0.15, -0.1) is 0 Å². The number of nitrogens with one attached hydrogen (secondary N) is 3. The number of rotatable bonds is 6. The third-order valence-corrected chi connectivity index (χ3v) is 2.64. The minimum Gasteiger partial charge on any atom is -0.357 e. The number of guanidine groups is 1. The van der Waals surface area contributed by atoms with E-state index in [-0.39, 0.29) is 12.5 Å². The van der Waals surface area contributed by atoms with Gasteiger partial charge in [0.2, 0.25) is 5.91 Å². The van der Waals surface area contributed by atoms with Crippen molar-refractivity contribution in [2.75, 3.05) is 19.6 Å². The molecule has 0 unspecified atom stereocenters. The van der Waals surface area contributed by atoms with Gasteiger partial charge >= 0.3 is 0 Å². The molecule has 0 spiro atoms. The van der Waals surface area contributed by atoms with Crippen LogP contribution in [-0.2, 0) is 11.3 Å². The van der Waals surface area contributed by atoms with Crippen LogP contribution in [0.3, 0.4) is 0 Å². The third kappa shape index (κ3) is 6.22. The second-order valence-corrected chi connectivity index (χ2v) is 4.49. The van der Waals surface area contributed by atoms with E-state index in [4.69, 9.17) is 0 Å². The highest BCUT2D eigenvalue weighted by atomic mass is 16.1. The molecule has 1 rings (SSSR count). The van der Waals surface area contributed by atoms with Crippen LogP contribution >= 0.6 is 0 Å². The van der Waals surface area contributed by atoms with E-state index in [2.05, 4.69) is 40.0 Å². The normalized spacial score (nSPS) is 11.1. The number of likely N-dealkylation sites (N-methyl/N-ethyl adjacent to an activating group) is 1. The second kappa shape index (κ2) is 8.96. The molecule has 0 bridgehead atoms. The molecule has 0 atom stereocenters. The van der Waals surface area contributed by atoms with Crippen molar-refractivity contribution < 1.29 is 4.79 Å². The van der Waals surface area contributed by atoms with E-state index >= 15 is 0 Å². The molecule has 110 valence electrons. The Hall–Kier alpha value is -2.04. The summed E-state index contributed by atoms with van der Waals surface area (Å²) in [4.78, 5) is 15.9. The fraction of sp³-hybridized carbons (Fsp3) is 0.467. The highest BCUT2D eigenvalue weighted by Gasteiger charge is 2.02. The Morgan fingerprint density at radius 2 is 1.90 bits per heavy atom. The molecule has 3 N–H and O–H groups in total. The molecule has 1 aromatic rings. The molecule has 0 saturated carbocycles. The van der Waals surface area contributed by atoms with E-state index in [1.54, 1.807) is 0 Å². The smallest absolute Gasteiger partial charge is 0.239 e. The largest absolute Gasteiger partial charge is 0.357 e. The summed E-state index contributed by atoms with van der Waals surface area (Å²) in [6, 6.07) is 8.24. The standard InChI is InChI=1S/C15H24N4O/c1-4-16-14(20)11-19-15(17-5-2)18-10-13-8-6-7-12(3)9-13/h6-9H,4-5,10-11H2,1-3H3,(H,16,20)(H2,17,18,19). The minimum atomic E-state index is -0.0336. The van der Waals surface area contributed by atoms with E-state index in [9.17, 15) is 4.79 Å². The van der Waals surface area contributed by atoms with Crippen molar-refractivity contribution in [1.29, 1.82) is 0 Å². The number of benzene rings is 1. The maximum Gasteiger partial charge on any atom is 0.239 e. The van der Waals surface area contributed by atoms with Crippen LogP contribution in [0.1, 0.15) is 25.0 Å². The topological polar surface area (TPSA) is 65.5 Å². The number of aryl methyl sites for hydroxylation is 1. The van der Waals surface area contributed by atoms with Gasteiger partial charge in [-0.1, -0.05) is 29.8 Å². The number of hydrogen-bond acceptors (Lipinski definition) is 2. The van der Waals surface area contributed by atoms with Crippen molar-refractivity contribution in [2.45, 2.75) is 27.3 Å². The zero-order valence-electron chi connectivity index (χ0n) is 12.5. The van der Waals surface area contributed by atoms with Crippen LogP contribution in [0.2, 0.25) is 0 Å². The van der Waals surface area contributed by atoms with Gasteiger partial charge in [0.15, 0.2) is 5.96 Å². The first-order valence-electron chi connectivity index (χ1n) is 7.00. The molecule has 0 aliphatic heterocycles. The summed E-state index contributed by atoms with van der Waals surface area (Å²) in [7, 11) is 0. The fourth-order valence-electron chi connectivity index (χ4n) is 1.75. The molecule has 0 radical (unpaired) electrons. The number of carbonyl (C=O) groups is 1. The average molecular weight is 276 g/mol. The lowest BCUT2D eigenvalue weighted by molar-refractivity contribution is -0.119. The lowest BCUT2D eigenvalue weighted by Crippen LogP contribution is -2.43. The molecule has 0 saturated heterocycles. The Morgan fingerprint density at radius 3 is 2.55 bits per heavy atom. The molecule has 0 aliphatic carbocycles. The van der Waals surface area contributed by atoms with E-state index in [0.717, 1.165) is 12.1 Å².